The van der Waals surface area contributed by atoms with Gasteiger partial charge in [-0.3, -0.25) is 0 Å². The highest BCUT2D eigenvalue weighted by molar-refractivity contribution is 5.16. The molecule has 0 aromatic carbocycles. The van der Waals surface area contributed by atoms with Crippen LogP contribution in [0.4, 0.5) is 0 Å². The molecule has 0 spiro atoms. The molecule has 0 unspecified atom stereocenters. The van der Waals surface area contributed by atoms with Crippen LogP contribution in [0, 0.1) is 22.7 Å². The summed E-state index contributed by atoms with van der Waals surface area (Å²) in [4.78, 5) is 0. The summed E-state index contributed by atoms with van der Waals surface area (Å²) >= 11 is 0. The third-order valence-corrected chi connectivity index (χ3v) is 5.93. The van der Waals surface area contributed by atoms with Crippen LogP contribution in [0.2, 0.25) is 0 Å². The highest BCUT2D eigenvalue weighted by atomic mass is 16.7. The lowest BCUT2D eigenvalue weighted by molar-refractivity contribution is -0.150. The van der Waals surface area contributed by atoms with Gasteiger partial charge < -0.3 is 9.47 Å². The Labute approximate surface area is 92.3 Å². The standard InChI is InChI=1S/C13H22O2/c1-12(2)9-5-6-13(12,3)11-8(9)7-10(14-4)15-11/h8-11H,5-7H2,1-4H3/t8-,9-,10-,11-,13+/m1/s1. The van der Waals surface area contributed by atoms with E-state index in [4.69, 9.17) is 9.47 Å². The maximum Gasteiger partial charge on any atom is 0.157 e. The van der Waals surface area contributed by atoms with Crippen molar-refractivity contribution >= 4 is 0 Å². The molecule has 86 valence electrons. The molecule has 15 heavy (non-hydrogen) atoms. The van der Waals surface area contributed by atoms with Gasteiger partial charge in [-0.1, -0.05) is 20.8 Å². The Hall–Kier alpha value is -0.0800. The molecule has 3 fully saturated rings. The lowest BCUT2D eigenvalue weighted by Gasteiger charge is -2.38. The zero-order chi connectivity index (χ0) is 10.8. The predicted octanol–water partition coefficient (Wildman–Crippen LogP) is 2.82. The first-order valence-electron chi connectivity index (χ1n) is 6.19. The summed E-state index contributed by atoms with van der Waals surface area (Å²) < 4.78 is 11.4. The summed E-state index contributed by atoms with van der Waals surface area (Å²) in [6.45, 7) is 7.30. The highest BCUT2D eigenvalue weighted by Crippen LogP contribution is 2.70. The monoisotopic (exact) mass is 210 g/mol. The normalized spacial score (nSPS) is 56.0. The van der Waals surface area contributed by atoms with Crippen molar-refractivity contribution < 1.29 is 9.47 Å². The molecule has 3 rings (SSSR count). The van der Waals surface area contributed by atoms with Crippen LogP contribution in [0.1, 0.15) is 40.0 Å². The van der Waals surface area contributed by atoms with Gasteiger partial charge in [0, 0.05) is 13.5 Å². The van der Waals surface area contributed by atoms with Crippen molar-refractivity contribution in [2.24, 2.45) is 22.7 Å². The Morgan fingerprint density at radius 2 is 2.00 bits per heavy atom. The van der Waals surface area contributed by atoms with Crippen LogP contribution in [-0.2, 0) is 9.47 Å². The molecule has 1 heterocycles. The van der Waals surface area contributed by atoms with Gasteiger partial charge >= 0.3 is 0 Å². The van der Waals surface area contributed by atoms with E-state index in [0.717, 1.165) is 18.3 Å². The van der Waals surface area contributed by atoms with Crippen molar-refractivity contribution in [1.82, 2.24) is 0 Å². The average Bonchev–Trinajstić information content (AvgIpc) is 2.74. The Morgan fingerprint density at radius 3 is 2.60 bits per heavy atom. The summed E-state index contributed by atoms with van der Waals surface area (Å²) in [6.07, 6.45) is 4.37. The first-order chi connectivity index (χ1) is 7.00. The summed E-state index contributed by atoms with van der Waals surface area (Å²) in [6, 6.07) is 0. The van der Waals surface area contributed by atoms with Gasteiger partial charge in [0.15, 0.2) is 6.29 Å². The van der Waals surface area contributed by atoms with Gasteiger partial charge in [0.05, 0.1) is 6.10 Å². The van der Waals surface area contributed by atoms with Gasteiger partial charge in [0.2, 0.25) is 0 Å². The van der Waals surface area contributed by atoms with Crippen molar-refractivity contribution in [3.8, 4) is 0 Å². The number of hydrogen-bond acceptors (Lipinski definition) is 2. The third-order valence-electron chi connectivity index (χ3n) is 5.93. The number of rotatable bonds is 1. The summed E-state index contributed by atoms with van der Waals surface area (Å²) in [7, 11) is 1.76. The molecule has 2 saturated carbocycles. The Balaban J connectivity index is 1.94. The molecular formula is C13H22O2. The highest BCUT2D eigenvalue weighted by Gasteiger charge is 2.68. The van der Waals surface area contributed by atoms with E-state index >= 15 is 0 Å². The lowest BCUT2D eigenvalue weighted by atomic mass is 9.70. The molecule has 0 N–H and O–H groups in total. The number of hydrogen-bond donors (Lipinski definition) is 0. The molecule has 0 aromatic heterocycles. The minimum absolute atomic E-state index is 0.0658. The molecule has 2 heteroatoms. The van der Waals surface area contributed by atoms with Crippen molar-refractivity contribution in [2.75, 3.05) is 7.11 Å². The third kappa shape index (κ3) is 0.980. The fourth-order valence-corrected chi connectivity index (χ4v) is 4.64. The van der Waals surface area contributed by atoms with Gasteiger partial charge in [-0.2, -0.15) is 0 Å². The van der Waals surface area contributed by atoms with Crippen LogP contribution in [-0.4, -0.2) is 19.5 Å². The Kier molecular flexibility index (Phi) is 1.87. The second kappa shape index (κ2) is 2.78. The fourth-order valence-electron chi connectivity index (χ4n) is 4.64. The molecular weight excluding hydrogens is 188 g/mol. The van der Waals surface area contributed by atoms with E-state index in [1.807, 2.05) is 0 Å². The maximum atomic E-state index is 6.08. The molecule has 1 aliphatic heterocycles. The van der Waals surface area contributed by atoms with Crippen LogP contribution < -0.4 is 0 Å². The lowest BCUT2D eigenvalue weighted by Crippen LogP contribution is -2.37. The number of ether oxygens (including phenoxy) is 2. The van der Waals surface area contributed by atoms with Crippen LogP contribution >= 0.6 is 0 Å². The molecule has 0 aromatic rings. The van der Waals surface area contributed by atoms with E-state index in [1.54, 1.807) is 7.11 Å². The first kappa shape index (κ1) is 10.1. The molecule has 0 amide bonds. The Bertz CT molecular complexity index is 286. The molecule has 3 aliphatic rings. The van der Waals surface area contributed by atoms with Gasteiger partial charge in [-0.25, -0.2) is 0 Å². The molecule has 0 radical (unpaired) electrons. The smallest absolute Gasteiger partial charge is 0.157 e. The number of fused-ring (bicyclic) bond motifs is 5. The molecule has 5 atom stereocenters. The van der Waals surface area contributed by atoms with Crippen LogP contribution in [0.15, 0.2) is 0 Å². The van der Waals surface area contributed by atoms with E-state index in [0.29, 0.717) is 16.9 Å². The van der Waals surface area contributed by atoms with Gasteiger partial charge in [-0.05, 0) is 35.5 Å². The van der Waals surface area contributed by atoms with Crippen LogP contribution in [0.5, 0.6) is 0 Å². The minimum Gasteiger partial charge on any atom is -0.356 e. The van der Waals surface area contributed by atoms with Crippen molar-refractivity contribution in [2.45, 2.75) is 52.4 Å². The quantitative estimate of drug-likeness (QED) is 0.662. The van der Waals surface area contributed by atoms with E-state index in [1.165, 1.54) is 12.8 Å². The molecule has 2 aliphatic carbocycles. The van der Waals surface area contributed by atoms with E-state index in [9.17, 15) is 0 Å². The van der Waals surface area contributed by atoms with Gasteiger partial charge in [0.25, 0.3) is 0 Å². The molecule has 1 saturated heterocycles. The topological polar surface area (TPSA) is 18.5 Å². The first-order valence-corrected chi connectivity index (χ1v) is 6.19. The van der Waals surface area contributed by atoms with E-state index in [2.05, 4.69) is 20.8 Å². The summed E-state index contributed by atoms with van der Waals surface area (Å²) in [5.41, 5.74) is 0.844. The van der Waals surface area contributed by atoms with Crippen LogP contribution in [0.3, 0.4) is 0 Å². The van der Waals surface area contributed by atoms with Crippen LogP contribution in [0.25, 0.3) is 0 Å². The van der Waals surface area contributed by atoms with Crippen molar-refractivity contribution in [3.05, 3.63) is 0 Å². The minimum atomic E-state index is 0.0658. The van der Waals surface area contributed by atoms with Gasteiger partial charge in [0.1, 0.15) is 0 Å². The fraction of sp³-hybridized carbons (Fsp3) is 1.00. The zero-order valence-corrected chi connectivity index (χ0v) is 10.2. The largest absolute Gasteiger partial charge is 0.356 e. The maximum absolute atomic E-state index is 6.08. The summed E-state index contributed by atoms with van der Waals surface area (Å²) in [5, 5.41) is 0. The Morgan fingerprint density at radius 1 is 1.27 bits per heavy atom. The second-order valence-electron chi connectivity index (χ2n) is 6.41. The van der Waals surface area contributed by atoms with Crippen molar-refractivity contribution in [1.29, 1.82) is 0 Å². The zero-order valence-electron chi connectivity index (χ0n) is 10.2. The average molecular weight is 210 g/mol. The van der Waals surface area contributed by atoms with Gasteiger partial charge in [-0.15, -0.1) is 0 Å². The van der Waals surface area contributed by atoms with E-state index in [-0.39, 0.29) is 6.29 Å². The van der Waals surface area contributed by atoms with Crippen molar-refractivity contribution in [3.63, 3.8) is 0 Å². The number of methoxy groups -OCH3 is 1. The van der Waals surface area contributed by atoms with E-state index < -0.39 is 0 Å². The SMILES string of the molecule is CO[C@H]1C[C@@H]2[C@H]3CC[C@@](C)([C@@H]2O1)C3(C)C. The predicted molar refractivity (Wildman–Crippen MR) is 58.4 cm³/mol. The molecule has 2 nitrogen and oxygen atoms in total. The molecule has 2 bridgehead atoms. The summed E-state index contributed by atoms with van der Waals surface area (Å²) in [5.74, 6) is 1.61. The second-order valence-corrected chi connectivity index (χ2v) is 6.41.